The van der Waals surface area contributed by atoms with Crippen LogP contribution in [0.15, 0.2) is 35.7 Å². The van der Waals surface area contributed by atoms with Gasteiger partial charge in [0.1, 0.15) is 11.4 Å². The Morgan fingerprint density at radius 3 is 2.67 bits per heavy atom. The Morgan fingerprint density at radius 1 is 1.28 bits per heavy atom. The molecule has 0 radical (unpaired) electrons. The van der Waals surface area contributed by atoms with Gasteiger partial charge in [-0.15, -0.1) is 11.3 Å². The molecule has 1 aromatic carbocycles. The van der Waals surface area contributed by atoms with Gasteiger partial charge in [0.05, 0.1) is 4.92 Å². The second-order valence-electron chi connectivity index (χ2n) is 3.64. The zero-order chi connectivity index (χ0) is 13.0. The van der Waals surface area contributed by atoms with Crippen molar-refractivity contribution >= 4 is 28.4 Å². The zero-order valence-corrected chi connectivity index (χ0v) is 10.7. The summed E-state index contributed by atoms with van der Waals surface area (Å²) in [6, 6.07) is 9.14. The van der Waals surface area contributed by atoms with Crippen LogP contribution < -0.4 is 10.6 Å². The van der Waals surface area contributed by atoms with Gasteiger partial charge in [0.2, 0.25) is 0 Å². The normalized spacial score (nSPS) is 10.1. The van der Waals surface area contributed by atoms with Gasteiger partial charge in [0.25, 0.3) is 0 Å². The molecule has 0 saturated heterocycles. The number of nitrogens with one attached hydrogen (secondary N) is 2. The highest BCUT2D eigenvalue weighted by molar-refractivity contribution is 7.09. The van der Waals surface area contributed by atoms with E-state index in [-0.39, 0.29) is 10.6 Å². The largest absolute Gasteiger partial charge is 0.382 e. The fraction of sp³-hybridized carbons (Fsp3) is 0.167. The fourth-order valence-electron chi connectivity index (χ4n) is 1.68. The van der Waals surface area contributed by atoms with Crippen LogP contribution in [0.3, 0.4) is 0 Å². The number of nitro benzene ring substituents is 1. The molecule has 0 aliphatic rings. The molecule has 0 bridgehead atoms. The second-order valence-corrected chi connectivity index (χ2v) is 4.67. The number of hydrogen-bond acceptors (Lipinski definition) is 5. The number of hydrogen-bond donors (Lipinski definition) is 2. The minimum absolute atomic E-state index is 0.0801. The second kappa shape index (κ2) is 5.50. The standard InChI is InChI=1S/C12H13N3O2S/c1-13-10-5-2-6-11(12(10)15(16)17)14-8-9-4-3-7-18-9/h2-7,13-14H,8H2,1H3. The van der Waals surface area contributed by atoms with E-state index >= 15 is 0 Å². The molecule has 94 valence electrons. The van der Waals surface area contributed by atoms with E-state index in [2.05, 4.69) is 10.6 Å². The maximum absolute atomic E-state index is 11.1. The Labute approximate surface area is 109 Å². The third-order valence-electron chi connectivity index (χ3n) is 2.52. The van der Waals surface area contributed by atoms with Crippen LogP contribution >= 0.6 is 11.3 Å². The molecule has 0 aliphatic carbocycles. The van der Waals surface area contributed by atoms with Gasteiger partial charge in [-0.25, -0.2) is 0 Å². The first kappa shape index (κ1) is 12.4. The fourth-order valence-corrected chi connectivity index (χ4v) is 2.32. The highest BCUT2D eigenvalue weighted by Crippen LogP contribution is 2.32. The summed E-state index contributed by atoms with van der Waals surface area (Å²) >= 11 is 1.62. The van der Waals surface area contributed by atoms with E-state index in [9.17, 15) is 10.1 Å². The first-order valence-corrected chi connectivity index (χ1v) is 6.31. The summed E-state index contributed by atoms with van der Waals surface area (Å²) < 4.78 is 0. The summed E-state index contributed by atoms with van der Waals surface area (Å²) in [5.41, 5.74) is 1.12. The molecule has 0 fully saturated rings. The Morgan fingerprint density at radius 2 is 2.06 bits per heavy atom. The predicted octanol–water partition coefficient (Wildman–Crippen LogP) is 3.31. The van der Waals surface area contributed by atoms with Crippen LogP contribution in [0.25, 0.3) is 0 Å². The van der Waals surface area contributed by atoms with Gasteiger partial charge in [-0.1, -0.05) is 12.1 Å². The van der Waals surface area contributed by atoms with Crippen molar-refractivity contribution in [1.29, 1.82) is 0 Å². The molecular formula is C12H13N3O2S. The van der Waals surface area contributed by atoms with Crippen LogP contribution in [-0.2, 0) is 6.54 Å². The molecule has 2 aromatic rings. The first-order valence-electron chi connectivity index (χ1n) is 5.44. The number of thiophene rings is 1. The molecule has 0 amide bonds. The molecule has 6 heteroatoms. The van der Waals surface area contributed by atoms with Crippen molar-refractivity contribution in [2.24, 2.45) is 0 Å². The van der Waals surface area contributed by atoms with Gasteiger partial charge in [-0.3, -0.25) is 10.1 Å². The van der Waals surface area contributed by atoms with Crippen LogP contribution in [-0.4, -0.2) is 12.0 Å². The molecular weight excluding hydrogens is 250 g/mol. The smallest absolute Gasteiger partial charge is 0.315 e. The molecule has 2 N–H and O–H groups in total. The average molecular weight is 263 g/mol. The quantitative estimate of drug-likeness (QED) is 0.641. The van der Waals surface area contributed by atoms with E-state index in [4.69, 9.17) is 0 Å². The monoisotopic (exact) mass is 263 g/mol. The Kier molecular flexibility index (Phi) is 3.78. The SMILES string of the molecule is CNc1cccc(NCc2cccs2)c1[N+](=O)[O-]. The molecule has 0 saturated carbocycles. The van der Waals surface area contributed by atoms with Crippen molar-refractivity contribution in [3.05, 3.63) is 50.7 Å². The summed E-state index contributed by atoms with van der Waals surface area (Å²) in [5.74, 6) is 0. The topological polar surface area (TPSA) is 67.2 Å². The maximum Gasteiger partial charge on any atom is 0.315 e. The van der Waals surface area contributed by atoms with E-state index in [0.29, 0.717) is 17.9 Å². The van der Waals surface area contributed by atoms with Crippen molar-refractivity contribution < 1.29 is 4.92 Å². The summed E-state index contributed by atoms with van der Waals surface area (Å²) in [6.07, 6.45) is 0. The van der Waals surface area contributed by atoms with E-state index in [0.717, 1.165) is 4.88 Å². The van der Waals surface area contributed by atoms with E-state index in [1.165, 1.54) is 0 Å². The third kappa shape index (κ3) is 2.60. The summed E-state index contributed by atoms with van der Waals surface area (Å²) in [5, 5.41) is 19.0. The number of nitrogens with zero attached hydrogens (tertiary/aromatic N) is 1. The Balaban J connectivity index is 2.24. The highest BCUT2D eigenvalue weighted by atomic mass is 32.1. The molecule has 1 aromatic heterocycles. The van der Waals surface area contributed by atoms with Crippen molar-refractivity contribution in [2.45, 2.75) is 6.54 Å². The number of anilines is 2. The maximum atomic E-state index is 11.1. The molecule has 0 spiro atoms. The lowest BCUT2D eigenvalue weighted by molar-refractivity contribution is -0.383. The van der Waals surface area contributed by atoms with Crippen molar-refractivity contribution in [3.63, 3.8) is 0 Å². The third-order valence-corrected chi connectivity index (χ3v) is 3.40. The lowest BCUT2D eigenvalue weighted by Gasteiger charge is -2.09. The van der Waals surface area contributed by atoms with Crippen LogP contribution in [0.2, 0.25) is 0 Å². The summed E-state index contributed by atoms with van der Waals surface area (Å²) in [6.45, 7) is 0.589. The zero-order valence-electron chi connectivity index (χ0n) is 9.84. The Hall–Kier alpha value is -2.08. The highest BCUT2D eigenvalue weighted by Gasteiger charge is 2.18. The van der Waals surface area contributed by atoms with E-state index in [1.807, 2.05) is 17.5 Å². The average Bonchev–Trinajstić information content (AvgIpc) is 2.88. The predicted molar refractivity (Wildman–Crippen MR) is 74.3 cm³/mol. The van der Waals surface area contributed by atoms with Crippen LogP contribution in [0.1, 0.15) is 4.88 Å². The summed E-state index contributed by atoms with van der Waals surface area (Å²) in [7, 11) is 1.67. The lowest BCUT2D eigenvalue weighted by atomic mass is 10.2. The van der Waals surface area contributed by atoms with Crippen LogP contribution in [0.5, 0.6) is 0 Å². The molecule has 0 atom stereocenters. The van der Waals surface area contributed by atoms with Crippen LogP contribution in [0.4, 0.5) is 17.1 Å². The van der Waals surface area contributed by atoms with Gasteiger partial charge < -0.3 is 10.6 Å². The first-order chi connectivity index (χ1) is 8.72. The van der Waals surface area contributed by atoms with Gasteiger partial charge in [0.15, 0.2) is 0 Å². The molecule has 0 unspecified atom stereocenters. The molecule has 2 rings (SSSR count). The van der Waals surface area contributed by atoms with Gasteiger partial charge in [-0.05, 0) is 23.6 Å². The van der Waals surface area contributed by atoms with Gasteiger partial charge in [-0.2, -0.15) is 0 Å². The van der Waals surface area contributed by atoms with Crippen LogP contribution in [0, 0.1) is 10.1 Å². The van der Waals surface area contributed by atoms with E-state index in [1.54, 1.807) is 36.6 Å². The molecule has 0 aliphatic heterocycles. The van der Waals surface area contributed by atoms with Crippen molar-refractivity contribution in [3.8, 4) is 0 Å². The Bertz CT molecular complexity index is 540. The van der Waals surface area contributed by atoms with Crippen molar-refractivity contribution in [2.75, 3.05) is 17.7 Å². The number of benzene rings is 1. The van der Waals surface area contributed by atoms with Crippen molar-refractivity contribution in [1.82, 2.24) is 0 Å². The van der Waals surface area contributed by atoms with Gasteiger partial charge >= 0.3 is 5.69 Å². The molecule has 1 heterocycles. The summed E-state index contributed by atoms with van der Waals surface area (Å²) in [4.78, 5) is 11.9. The number of nitro groups is 1. The minimum Gasteiger partial charge on any atom is -0.382 e. The molecule has 5 nitrogen and oxygen atoms in total. The van der Waals surface area contributed by atoms with Gasteiger partial charge in [0, 0.05) is 18.5 Å². The minimum atomic E-state index is -0.372. The lowest BCUT2D eigenvalue weighted by Crippen LogP contribution is -2.04. The number of para-hydroxylation sites is 1. The van der Waals surface area contributed by atoms with E-state index < -0.39 is 0 Å². The molecule has 18 heavy (non-hydrogen) atoms. The number of rotatable bonds is 5.